The van der Waals surface area contributed by atoms with Crippen LogP contribution in [0.3, 0.4) is 0 Å². The van der Waals surface area contributed by atoms with E-state index >= 15 is 0 Å². The Morgan fingerprint density at radius 2 is 1.83 bits per heavy atom. The number of likely N-dealkylation sites (N-methyl/N-ethyl adjacent to an activating group) is 1. The van der Waals surface area contributed by atoms with Crippen LogP contribution in [0.15, 0.2) is 36.4 Å². The van der Waals surface area contributed by atoms with Crippen molar-refractivity contribution in [3.63, 3.8) is 0 Å². The van der Waals surface area contributed by atoms with Gasteiger partial charge in [0.2, 0.25) is 21.8 Å². The summed E-state index contributed by atoms with van der Waals surface area (Å²) in [4.78, 5) is 38.0. The summed E-state index contributed by atoms with van der Waals surface area (Å²) in [5.41, 5.74) is 0.587. The fourth-order valence-corrected chi connectivity index (χ4v) is 4.86. The quantitative estimate of drug-likeness (QED) is 0.359. The lowest BCUT2D eigenvalue weighted by atomic mass is 10.1. The van der Waals surface area contributed by atoms with E-state index in [9.17, 15) is 28.1 Å². The molecule has 0 radical (unpaired) electrons. The third-order valence-electron chi connectivity index (χ3n) is 5.34. The third-order valence-corrected chi connectivity index (χ3v) is 7.05. The Bertz CT molecular complexity index is 1240. The van der Waals surface area contributed by atoms with Crippen LogP contribution in [0.25, 0.3) is 0 Å². The SMILES string of the molecule is CCC(C(=O)NC)N(Cc1ccc(Cl)cc1Cl)C(=O)CN(c1cc([N+](=O)[O-])ccc1C)S(C)(=O)=O. The fourth-order valence-electron chi connectivity index (χ4n) is 3.49. The van der Waals surface area contributed by atoms with Crippen LogP contribution < -0.4 is 9.62 Å². The standard InChI is InChI=1S/C22H26Cl2N4O6S/c1-5-19(22(30)25-3)26(12-15-7-8-16(23)10-18(15)24)21(29)13-27(35(4,33)34)20-11-17(28(31)32)9-6-14(20)2/h6-11,19H,5,12-13H2,1-4H3,(H,25,30). The molecule has 1 atom stereocenters. The monoisotopic (exact) mass is 544 g/mol. The van der Waals surface area contributed by atoms with E-state index < -0.39 is 39.3 Å². The van der Waals surface area contributed by atoms with Crippen LogP contribution in [0.4, 0.5) is 11.4 Å². The summed E-state index contributed by atoms with van der Waals surface area (Å²) in [6, 6.07) is 7.52. The molecule has 0 aromatic heterocycles. The third kappa shape index (κ3) is 7.06. The minimum absolute atomic E-state index is 0.00693. The Labute approximate surface area is 214 Å². The summed E-state index contributed by atoms with van der Waals surface area (Å²) in [5, 5.41) is 14.4. The largest absolute Gasteiger partial charge is 0.357 e. The van der Waals surface area contributed by atoms with E-state index in [1.807, 2.05) is 0 Å². The molecule has 13 heteroatoms. The van der Waals surface area contributed by atoms with Crippen molar-refractivity contribution < 1.29 is 22.9 Å². The number of hydrogen-bond acceptors (Lipinski definition) is 6. The second-order valence-corrected chi connectivity index (χ2v) is 10.5. The summed E-state index contributed by atoms with van der Waals surface area (Å²) in [6.45, 7) is 2.51. The Kier molecular flexibility index (Phi) is 9.47. The maximum atomic E-state index is 13.5. The molecule has 0 aliphatic heterocycles. The molecule has 2 amide bonds. The van der Waals surface area contributed by atoms with Gasteiger partial charge in [-0.3, -0.25) is 24.0 Å². The van der Waals surface area contributed by atoms with Gasteiger partial charge < -0.3 is 10.2 Å². The molecule has 2 aromatic rings. The highest BCUT2D eigenvalue weighted by Gasteiger charge is 2.32. The van der Waals surface area contributed by atoms with Crippen molar-refractivity contribution in [1.29, 1.82) is 0 Å². The normalized spacial score (nSPS) is 12.1. The van der Waals surface area contributed by atoms with Crippen LogP contribution in [0.2, 0.25) is 10.0 Å². The number of anilines is 1. The lowest BCUT2D eigenvalue weighted by molar-refractivity contribution is -0.384. The molecule has 0 aliphatic rings. The van der Waals surface area contributed by atoms with E-state index in [2.05, 4.69) is 5.32 Å². The summed E-state index contributed by atoms with van der Waals surface area (Å²) in [6.07, 6.45) is 1.14. The van der Waals surface area contributed by atoms with Gasteiger partial charge >= 0.3 is 0 Å². The van der Waals surface area contributed by atoms with Crippen LogP contribution >= 0.6 is 23.2 Å². The Morgan fingerprint density at radius 1 is 1.17 bits per heavy atom. The minimum Gasteiger partial charge on any atom is -0.357 e. The number of non-ortho nitro benzene ring substituents is 1. The number of rotatable bonds is 10. The first-order valence-electron chi connectivity index (χ1n) is 10.5. The van der Waals surface area contributed by atoms with Gasteiger partial charge in [0.15, 0.2) is 0 Å². The second kappa shape index (κ2) is 11.7. The Balaban J connectivity index is 2.55. The number of nitro groups is 1. The Hall–Kier alpha value is -2.89. The number of benzene rings is 2. The zero-order valence-electron chi connectivity index (χ0n) is 19.6. The van der Waals surface area contributed by atoms with Crippen molar-refractivity contribution in [3.05, 3.63) is 67.7 Å². The number of carbonyl (C=O) groups is 2. The molecule has 0 bridgehead atoms. The molecule has 0 saturated heterocycles. The van der Waals surface area contributed by atoms with Gasteiger partial charge in [-0.25, -0.2) is 8.42 Å². The molecule has 190 valence electrons. The van der Waals surface area contributed by atoms with Gasteiger partial charge in [-0.2, -0.15) is 0 Å². The van der Waals surface area contributed by atoms with Gasteiger partial charge in [0.25, 0.3) is 5.69 Å². The number of aryl methyl sites for hydroxylation is 1. The summed E-state index contributed by atoms with van der Waals surface area (Å²) >= 11 is 12.3. The van der Waals surface area contributed by atoms with E-state index in [4.69, 9.17) is 23.2 Å². The van der Waals surface area contributed by atoms with Crippen molar-refractivity contribution in [2.45, 2.75) is 32.9 Å². The minimum atomic E-state index is -4.04. The molecular formula is C22H26Cl2N4O6S. The molecule has 1 N–H and O–H groups in total. The summed E-state index contributed by atoms with van der Waals surface area (Å²) in [7, 11) is -2.61. The first kappa shape index (κ1) is 28.3. The number of halogens is 2. The van der Waals surface area contributed by atoms with Crippen molar-refractivity contribution in [3.8, 4) is 0 Å². The smallest absolute Gasteiger partial charge is 0.271 e. The van der Waals surface area contributed by atoms with E-state index in [0.717, 1.165) is 16.6 Å². The molecule has 35 heavy (non-hydrogen) atoms. The van der Waals surface area contributed by atoms with E-state index in [1.54, 1.807) is 26.0 Å². The number of carbonyl (C=O) groups excluding carboxylic acids is 2. The van der Waals surface area contributed by atoms with E-state index in [0.29, 0.717) is 16.1 Å². The van der Waals surface area contributed by atoms with Crippen molar-refractivity contribution in [2.24, 2.45) is 0 Å². The van der Waals surface area contributed by atoms with Gasteiger partial charge in [-0.05, 0) is 36.6 Å². The van der Waals surface area contributed by atoms with Crippen molar-refractivity contribution in [2.75, 3.05) is 24.2 Å². The van der Waals surface area contributed by atoms with E-state index in [-0.39, 0.29) is 29.4 Å². The predicted octanol–water partition coefficient (Wildman–Crippen LogP) is 3.53. The van der Waals surface area contributed by atoms with Crippen LogP contribution in [0.5, 0.6) is 0 Å². The van der Waals surface area contributed by atoms with Crippen molar-refractivity contribution >= 4 is 56.4 Å². The highest BCUT2D eigenvalue weighted by atomic mass is 35.5. The highest BCUT2D eigenvalue weighted by Crippen LogP contribution is 2.28. The average molecular weight is 545 g/mol. The van der Waals surface area contributed by atoms with Gasteiger partial charge in [0, 0.05) is 35.8 Å². The van der Waals surface area contributed by atoms with Crippen LogP contribution in [-0.4, -0.2) is 55.9 Å². The molecule has 0 fully saturated rings. The number of nitro benzene ring substituents is 1. The molecule has 2 rings (SSSR count). The maximum Gasteiger partial charge on any atom is 0.271 e. The molecule has 10 nitrogen and oxygen atoms in total. The predicted molar refractivity (Wildman–Crippen MR) is 135 cm³/mol. The fraction of sp³-hybridized carbons (Fsp3) is 0.364. The molecule has 0 saturated carbocycles. The molecule has 0 spiro atoms. The topological polar surface area (TPSA) is 130 Å². The van der Waals surface area contributed by atoms with Crippen molar-refractivity contribution in [1.82, 2.24) is 10.2 Å². The molecule has 2 aromatic carbocycles. The lowest BCUT2D eigenvalue weighted by Gasteiger charge is -2.33. The first-order chi connectivity index (χ1) is 16.3. The molecule has 0 aliphatic carbocycles. The van der Waals surface area contributed by atoms with Gasteiger partial charge in [-0.15, -0.1) is 0 Å². The van der Waals surface area contributed by atoms with Gasteiger partial charge in [0.05, 0.1) is 16.9 Å². The number of nitrogens with one attached hydrogen (secondary N) is 1. The van der Waals surface area contributed by atoms with Crippen LogP contribution in [0.1, 0.15) is 24.5 Å². The number of amides is 2. The Morgan fingerprint density at radius 3 is 2.34 bits per heavy atom. The van der Waals surface area contributed by atoms with Crippen LogP contribution in [-0.2, 0) is 26.2 Å². The maximum absolute atomic E-state index is 13.5. The first-order valence-corrected chi connectivity index (χ1v) is 13.1. The lowest BCUT2D eigenvalue weighted by Crippen LogP contribution is -2.51. The van der Waals surface area contributed by atoms with Crippen LogP contribution in [0, 0.1) is 17.0 Å². The zero-order valence-corrected chi connectivity index (χ0v) is 21.9. The number of nitrogens with zero attached hydrogens (tertiary/aromatic N) is 3. The summed E-state index contributed by atoms with van der Waals surface area (Å²) in [5.74, 6) is -1.13. The van der Waals surface area contributed by atoms with E-state index in [1.165, 1.54) is 30.1 Å². The number of sulfonamides is 1. The molecule has 0 heterocycles. The van der Waals surface area contributed by atoms with Gasteiger partial charge in [0.1, 0.15) is 12.6 Å². The van der Waals surface area contributed by atoms with Gasteiger partial charge in [-0.1, -0.05) is 42.3 Å². The highest BCUT2D eigenvalue weighted by molar-refractivity contribution is 7.92. The second-order valence-electron chi connectivity index (χ2n) is 7.79. The summed E-state index contributed by atoms with van der Waals surface area (Å²) < 4.78 is 26.1. The molecule has 1 unspecified atom stereocenters. The average Bonchev–Trinajstić information content (AvgIpc) is 2.77. The molecular weight excluding hydrogens is 519 g/mol. The number of hydrogen-bond donors (Lipinski definition) is 1. The zero-order chi connectivity index (χ0) is 26.5.